The Bertz CT molecular complexity index is 788. The van der Waals surface area contributed by atoms with E-state index in [9.17, 15) is 20.1 Å². The lowest BCUT2D eigenvalue weighted by Gasteiger charge is -2.21. The first-order valence-corrected chi connectivity index (χ1v) is 25.5. The molecule has 0 saturated heterocycles. The smallest absolute Gasteiger partial charge is 0.222 e. The van der Waals surface area contributed by atoms with E-state index in [0.29, 0.717) is 6.42 Å². The van der Waals surface area contributed by atoms with Gasteiger partial charge in [0.25, 0.3) is 0 Å². The van der Waals surface area contributed by atoms with Crippen LogP contribution in [-0.4, -0.2) is 46.1 Å². The Kier molecular flexibility index (Phi) is 46.0. The molecule has 0 aliphatic carbocycles. The van der Waals surface area contributed by atoms with E-state index in [1.807, 2.05) is 6.08 Å². The van der Waals surface area contributed by atoms with Gasteiger partial charge in [-0.15, -0.1) is 0 Å². The molecular formula is C51H101NO4. The number of rotatable bonds is 47. The van der Waals surface area contributed by atoms with Gasteiger partial charge in [-0.1, -0.05) is 270 Å². The fourth-order valence-electron chi connectivity index (χ4n) is 8.17. The van der Waals surface area contributed by atoms with Crippen LogP contribution in [0.4, 0.5) is 0 Å². The van der Waals surface area contributed by atoms with Crippen LogP contribution in [0.15, 0.2) is 12.2 Å². The van der Waals surface area contributed by atoms with Crippen molar-refractivity contribution in [3.63, 3.8) is 0 Å². The van der Waals surface area contributed by atoms with Gasteiger partial charge in [0.2, 0.25) is 5.91 Å². The van der Waals surface area contributed by atoms with Crippen LogP contribution in [0.2, 0.25) is 0 Å². The molecule has 1 amide bonds. The SMILES string of the molecule is CCCCCCCCCCC/C=C/C(O)C(CO)NC(=O)CC(O)CCCCCCCCCCCCCCCCCCCCCCCCCCCCCCCC. The highest BCUT2D eigenvalue weighted by Gasteiger charge is 2.20. The molecule has 0 rings (SSSR count). The first kappa shape index (κ1) is 55.1. The number of nitrogens with one attached hydrogen (secondary N) is 1. The number of amides is 1. The van der Waals surface area contributed by atoms with E-state index in [1.165, 1.54) is 231 Å². The molecule has 4 N–H and O–H groups in total. The second-order valence-electron chi connectivity index (χ2n) is 17.8. The zero-order valence-corrected chi connectivity index (χ0v) is 38.0. The summed E-state index contributed by atoms with van der Waals surface area (Å²) < 4.78 is 0. The van der Waals surface area contributed by atoms with Gasteiger partial charge < -0.3 is 20.6 Å². The zero-order chi connectivity index (χ0) is 40.8. The van der Waals surface area contributed by atoms with E-state index in [2.05, 4.69) is 19.2 Å². The zero-order valence-electron chi connectivity index (χ0n) is 38.0. The number of hydrogen-bond donors (Lipinski definition) is 4. The summed E-state index contributed by atoms with van der Waals surface area (Å²) in [5, 5.41) is 33.2. The Labute approximate surface area is 350 Å². The number of aliphatic hydroxyl groups excluding tert-OH is 3. The van der Waals surface area contributed by atoms with Gasteiger partial charge in [0.05, 0.1) is 31.3 Å². The molecule has 56 heavy (non-hydrogen) atoms. The van der Waals surface area contributed by atoms with E-state index >= 15 is 0 Å². The summed E-state index contributed by atoms with van der Waals surface area (Å²) in [4.78, 5) is 12.4. The van der Waals surface area contributed by atoms with Crippen LogP contribution in [0.1, 0.15) is 284 Å². The minimum Gasteiger partial charge on any atom is -0.394 e. The molecule has 0 aromatic carbocycles. The molecule has 0 bridgehead atoms. The quantitative estimate of drug-likeness (QED) is 0.0365. The summed E-state index contributed by atoms with van der Waals surface area (Å²) in [6, 6.07) is -0.739. The average molecular weight is 792 g/mol. The third kappa shape index (κ3) is 42.7. The first-order valence-electron chi connectivity index (χ1n) is 25.5. The number of unbranched alkanes of at least 4 members (excludes halogenated alkanes) is 38. The topological polar surface area (TPSA) is 89.8 Å². The van der Waals surface area contributed by atoms with Crippen LogP contribution >= 0.6 is 0 Å². The summed E-state index contributed by atoms with van der Waals surface area (Å²) >= 11 is 0. The van der Waals surface area contributed by atoms with Gasteiger partial charge in [0.15, 0.2) is 0 Å². The van der Waals surface area contributed by atoms with Crippen molar-refractivity contribution in [3.05, 3.63) is 12.2 Å². The molecule has 3 atom stereocenters. The second-order valence-corrected chi connectivity index (χ2v) is 17.8. The number of hydrogen-bond acceptors (Lipinski definition) is 4. The highest BCUT2D eigenvalue weighted by Crippen LogP contribution is 2.17. The van der Waals surface area contributed by atoms with Crippen LogP contribution in [0.25, 0.3) is 0 Å². The third-order valence-electron chi connectivity index (χ3n) is 12.1. The van der Waals surface area contributed by atoms with Gasteiger partial charge in [0.1, 0.15) is 0 Å². The van der Waals surface area contributed by atoms with E-state index in [1.54, 1.807) is 6.08 Å². The van der Waals surface area contributed by atoms with Crippen molar-refractivity contribution in [2.45, 2.75) is 302 Å². The number of carbonyl (C=O) groups excluding carboxylic acids is 1. The van der Waals surface area contributed by atoms with Crippen molar-refractivity contribution in [2.75, 3.05) is 6.61 Å². The van der Waals surface area contributed by atoms with Gasteiger partial charge in [-0.25, -0.2) is 0 Å². The molecule has 0 spiro atoms. The van der Waals surface area contributed by atoms with E-state index in [0.717, 1.165) is 25.7 Å². The van der Waals surface area contributed by atoms with Crippen LogP contribution in [0, 0.1) is 0 Å². The molecular weight excluding hydrogens is 691 g/mol. The molecule has 0 aliphatic rings. The molecule has 0 aromatic heterocycles. The molecule has 3 unspecified atom stereocenters. The maximum absolute atomic E-state index is 12.4. The van der Waals surface area contributed by atoms with Gasteiger partial charge in [-0.05, 0) is 19.3 Å². The van der Waals surface area contributed by atoms with E-state index in [4.69, 9.17) is 0 Å². The molecule has 0 saturated carbocycles. The predicted octanol–water partition coefficient (Wildman–Crippen LogP) is 15.2. The number of aliphatic hydroxyl groups is 3. The van der Waals surface area contributed by atoms with Crippen molar-refractivity contribution >= 4 is 5.91 Å². The lowest BCUT2D eigenvalue weighted by molar-refractivity contribution is -0.124. The Morgan fingerprint density at radius 2 is 0.732 bits per heavy atom. The van der Waals surface area contributed by atoms with Crippen LogP contribution in [-0.2, 0) is 4.79 Å². The monoisotopic (exact) mass is 792 g/mol. The average Bonchev–Trinajstić information content (AvgIpc) is 3.19. The molecule has 0 aromatic rings. The maximum atomic E-state index is 12.4. The standard InChI is InChI=1S/C51H101NO4/c1-3-5-7-9-11-13-15-16-17-18-19-20-21-22-23-24-25-26-27-28-29-30-31-32-33-35-36-38-40-42-44-48(54)46-51(56)52-49(47-53)50(55)45-43-41-39-37-34-14-12-10-8-6-4-2/h43,45,48-50,53-55H,3-42,44,46-47H2,1-2H3,(H,52,56)/b45-43+. The maximum Gasteiger partial charge on any atom is 0.222 e. The van der Waals surface area contributed by atoms with Gasteiger partial charge in [0, 0.05) is 0 Å². The van der Waals surface area contributed by atoms with Crippen molar-refractivity contribution in [2.24, 2.45) is 0 Å². The van der Waals surface area contributed by atoms with Gasteiger partial charge in [-0.3, -0.25) is 4.79 Å². The Morgan fingerprint density at radius 1 is 0.446 bits per heavy atom. The van der Waals surface area contributed by atoms with Crippen molar-refractivity contribution in [1.29, 1.82) is 0 Å². The van der Waals surface area contributed by atoms with Gasteiger partial charge in [-0.2, -0.15) is 0 Å². The second kappa shape index (κ2) is 46.8. The highest BCUT2D eigenvalue weighted by molar-refractivity contribution is 5.76. The van der Waals surface area contributed by atoms with Crippen LogP contribution in [0.3, 0.4) is 0 Å². The fourth-order valence-corrected chi connectivity index (χ4v) is 8.17. The minimum absolute atomic E-state index is 0.0188. The van der Waals surface area contributed by atoms with Crippen LogP contribution in [0.5, 0.6) is 0 Å². The summed E-state index contributed by atoms with van der Waals surface area (Å²) in [5.74, 6) is -0.312. The molecule has 5 heteroatoms. The highest BCUT2D eigenvalue weighted by atomic mass is 16.3. The summed E-state index contributed by atoms with van der Waals surface area (Å²) in [6.07, 6.45) is 56.8. The summed E-state index contributed by atoms with van der Waals surface area (Å²) in [6.45, 7) is 4.22. The molecule has 0 radical (unpaired) electrons. The van der Waals surface area contributed by atoms with E-state index in [-0.39, 0.29) is 18.9 Å². The Hall–Kier alpha value is -0.910. The number of carbonyl (C=O) groups is 1. The first-order chi connectivity index (χ1) is 27.5. The Morgan fingerprint density at radius 3 is 1.04 bits per heavy atom. The minimum atomic E-state index is -0.923. The largest absolute Gasteiger partial charge is 0.394 e. The summed E-state index contributed by atoms with van der Waals surface area (Å²) in [7, 11) is 0. The fraction of sp³-hybridized carbons (Fsp3) is 0.941. The van der Waals surface area contributed by atoms with Crippen molar-refractivity contribution in [3.8, 4) is 0 Å². The molecule has 0 fully saturated rings. The Balaban J connectivity index is 3.46. The molecule has 5 nitrogen and oxygen atoms in total. The molecule has 334 valence electrons. The third-order valence-corrected chi connectivity index (χ3v) is 12.1. The molecule has 0 aliphatic heterocycles. The predicted molar refractivity (Wildman–Crippen MR) is 245 cm³/mol. The number of allylic oxidation sites excluding steroid dienone is 1. The normalized spacial score (nSPS) is 13.4. The van der Waals surface area contributed by atoms with Crippen molar-refractivity contribution < 1.29 is 20.1 Å². The van der Waals surface area contributed by atoms with E-state index < -0.39 is 18.2 Å². The van der Waals surface area contributed by atoms with Crippen molar-refractivity contribution in [1.82, 2.24) is 5.32 Å². The molecule has 0 heterocycles. The summed E-state index contributed by atoms with van der Waals surface area (Å²) in [5.41, 5.74) is 0. The van der Waals surface area contributed by atoms with Crippen LogP contribution < -0.4 is 5.32 Å². The lowest BCUT2D eigenvalue weighted by atomic mass is 10.0. The van der Waals surface area contributed by atoms with Gasteiger partial charge >= 0.3 is 0 Å². The lowest BCUT2D eigenvalue weighted by Crippen LogP contribution is -2.45.